The number of carbonyl (C=O) groups is 1. The minimum atomic E-state index is 0.103. The van der Waals surface area contributed by atoms with Crippen LogP contribution in [0.25, 0.3) is 6.08 Å². The molecule has 1 aliphatic rings. The molecule has 0 spiro atoms. The summed E-state index contributed by atoms with van der Waals surface area (Å²) in [5, 5.41) is 0. The van der Waals surface area contributed by atoms with E-state index in [0.29, 0.717) is 6.61 Å². The summed E-state index contributed by atoms with van der Waals surface area (Å²) in [4.78, 5) is 14.0. The van der Waals surface area contributed by atoms with E-state index in [4.69, 9.17) is 4.74 Å². The summed E-state index contributed by atoms with van der Waals surface area (Å²) in [5.74, 6) is 0.929. The van der Waals surface area contributed by atoms with Gasteiger partial charge in [-0.1, -0.05) is 18.2 Å². The summed E-state index contributed by atoms with van der Waals surface area (Å²) in [5.41, 5.74) is 0.953. The molecule has 0 radical (unpaired) electrons. The molecule has 0 atom stereocenters. The number of hydrogen-bond donors (Lipinski definition) is 0. The molecular formula is C16H21NO2. The molecule has 2 rings (SSSR count). The van der Waals surface area contributed by atoms with Crippen LogP contribution in [0.5, 0.6) is 5.75 Å². The maximum Gasteiger partial charge on any atom is 0.246 e. The predicted octanol–water partition coefficient (Wildman–Crippen LogP) is 3.11. The molecule has 1 heterocycles. The molecule has 3 heteroatoms. The molecular weight excluding hydrogens is 238 g/mol. The van der Waals surface area contributed by atoms with Crippen molar-refractivity contribution in [3.05, 3.63) is 35.9 Å². The van der Waals surface area contributed by atoms with Gasteiger partial charge in [-0.25, -0.2) is 0 Å². The van der Waals surface area contributed by atoms with Gasteiger partial charge < -0.3 is 9.64 Å². The normalized spacial score (nSPS) is 15.7. The van der Waals surface area contributed by atoms with E-state index < -0.39 is 0 Å². The average Bonchev–Trinajstić information content (AvgIpc) is 2.47. The second-order valence-corrected chi connectivity index (χ2v) is 4.69. The van der Waals surface area contributed by atoms with Gasteiger partial charge in [0.15, 0.2) is 0 Å². The summed E-state index contributed by atoms with van der Waals surface area (Å²) in [6.07, 6.45) is 6.98. The van der Waals surface area contributed by atoms with Crippen molar-refractivity contribution in [3.63, 3.8) is 0 Å². The molecule has 3 nitrogen and oxygen atoms in total. The van der Waals surface area contributed by atoms with Crippen LogP contribution in [0.3, 0.4) is 0 Å². The molecule has 0 saturated carbocycles. The van der Waals surface area contributed by atoms with Crippen molar-refractivity contribution < 1.29 is 9.53 Å². The number of benzene rings is 1. The Labute approximate surface area is 114 Å². The van der Waals surface area contributed by atoms with Crippen molar-refractivity contribution in [1.29, 1.82) is 0 Å². The minimum Gasteiger partial charge on any atom is -0.493 e. The molecule has 0 aliphatic carbocycles. The third-order valence-electron chi connectivity index (χ3n) is 3.29. The standard InChI is InChI=1S/C16H21NO2/c1-2-19-15-9-5-4-8-14(15)10-11-16(18)17-12-6-3-7-13-17/h4-5,8-11H,2-3,6-7,12-13H2,1H3. The van der Waals surface area contributed by atoms with Crippen molar-refractivity contribution in [1.82, 2.24) is 4.90 Å². The zero-order valence-electron chi connectivity index (χ0n) is 11.5. The van der Waals surface area contributed by atoms with Gasteiger partial charge in [-0.05, 0) is 38.3 Å². The Balaban J connectivity index is 2.03. The fraction of sp³-hybridized carbons (Fsp3) is 0.438. The van der Waals surface area contributed by atoms with E-state index in [9.17, 15) is 4.79 Å². The van der Waals surface area contributed by atoms with Crippen molar-refractivity contribution in [3.8, 4) is 5.75 Å². The second kappa shape index (κ2) is 6.98. The molecule has 0 unspecified atom stereocenters. The minimum absolute atomic E-state index is 0.103. The van der Waals surface area contributed by atoms with Crippen LogP contribution < -0.4 is 4.74 Å². The van der Waals surface area contributed by atoms with Crippen LogP contribution in [-0.2, 0) is 4.79 Å². The van der Waals surface area contributed by atoms with Gasteiger partial charge in [0.1, 0.15) is 5.75 Å². The summed E-state index contributed by atoms with van der Waals surface area (Å²) >= 11 is 0. The van der Waals surface area contributed by atoms with E-state index in [1.165, 1.54) is 6.42 Å². The first kappa shape index (κ1) is 13.7. The lowest BCUT2D eigenvalue weighted by Crippen LogP contribution is -2.34. The summed E-state index contributed by atoms with van der Waals surface area (Å²) in [6.45, 7) is 4.36. The SMILES string of the molecule is CCOc1ccccc1C=CC(=O)N1CCCCC1. The number of carbonyl (C=O) groups excluding carboxylic acids is 1. The van der Waals surface area contributed by atoms with Crippen molar-refractivity contribution >= 4 is 12.0 Å². The summed E-state index contributed by atoms with van der Waals surface area (Å²) < 4.78 is 5.54. The highest BCUT2D eigenvalue weighted by molar-refractivity contribution is 5.92. The summed E-state index contributed by atoms with van der Waals surface area (Å²) in [7, 11) is 0. The monoisotopic (exact) mass is 259 g/mol. The Morgan fingerprint density at radius 2 is 2.00 bits per heavy atom. The molecule has 19 heavy (non-hydrogen) atoms. The molecule has 0 aromatic heterocycles. The van der Waals surface area contributed by atoms with Crippen LogP contribution >= 0.6 is 0 Å². The number of likely N-dealkylation sites (tertiary alicyclic amines) is 1. The number of rotatable bonds is 4. The summed E-state index contributed by atoms with van der Waals surface area (Å²) in [6, 6.07) is 7.78. The Bertz CT molecular complexity index is 448. The van der Waals surface area contributed by atoms with Gasteiger partial charge in [-0.2, -0.15) is 0 Å². The number of para-hydroxylation sites is 1. The quantitative estimate of drug-likeness (QED) is 0.778. The fourth-order valence-corrected chi connectivity index (χ4v) is 2.29. The van der Waals surface area contributed by atoms with Crippen LogP contribution in [0.15, 0.2) is 30.3 Å². The van der Waals surface area contributed by atoms with Crippen LogP contribution in [-0.4, -0.2) is 30.5 Å². The van der Waals surface area contributed by atoms with Gasteiger partial charge in [0.25, 0.3) is 0 Å². The van der Waals surface area contributed by atoms with Crippen molar-refractivity contribution in [2.45, 2.75) is 26.2 Å². The van der Waals surface area contributed by atoms with Crippen LogP contribution in [0.2, 0.25) is 0 Å². The Hall–Kier alpha value is -1.77. The third kappa shape index (κ3) is 3.85. The number of hydrogen-bond acceptors (Lipinski definition) is 2. The first-order valence-corrected chi connectivity index (χ1v) is 7.00. The fourth-order valence-electron chi connectivity index (χ4n) is 2.29. The third-order valence-corrected chi connectivity index (χ3v) is 3.29. The Morgan fingerprint density at radius 1 is 1.26 bits per heavy atom. The number of amides is 1. The Morgan fingerprint density at radius 3 is 2.74 bits per heavy atom. The van der Waals surface area contributed by atoms with E-state index >= 15 is 0 Å². The topological polar surface area (TPSA) is 29.5 Å². The average molecular weight is 259 g/mol. The van der Waals surface area contributed by atoms with Crippen LogP contribution in [0.1, 0.15) is 31.7 Å². The van der Waals surface area contributed by atoms with Gasteiger partial charge >= 0.3 is 0 Å². The van der Waals surface area contributed by atoms with Gasteiger partial charge in [0, 0.05) is 24.7 Å². The smallest absolute Gasteiger partial charge is 0.246 e. The zero-order chi connectivity index (χ0) is 13.5. The lowest BCUT2D eigenvalue weighted by atomic mass is 10.1. The molecule has 0 bridgehead atoms. The lowest BCUT2D eigenvalue weighted by molar-refractivity contribution is -0.126. The van der Waals surface area contributed by atoms with Gasteiger partial charge in [0.05, 0.1) is 6.61 Å². The van der Waals surface area contributed by atoms with E-state index in [2.05, 4.69) is 0 Å². The van der Waals surface area contributed by atoms with Gasteiger partial charge in [-0.15, -0.1) is 0 Å². The van der Waals surface area contributed by atoms with Crippen LogP contribution in [0, 0.1) is 0 Å². The van der Waals surface area contributed by atoms with E-state index in [1.54, 1.807) is 6.08 Å². The van der Waals surface area contributed by atoms with Crippen molar-refractivity contribution in [2.24, 2.45) is 0 Å². The molecule has 1 aliphatic heterocycles. The number of piperidine rings is 1. The molecule has 1 fully saturated rings. The van der Waals surface area contributed by atoms with Gasteiger partial charge in [-0.3, -0.25) is 4.79 Å². The molecule has 1 amide bonds. The zero-order valence-corrected chi connectivity index (χ0v) is 11.5. The maximum atomic E-state index is 12.0. The first-order chi connectivity index (χ1) is 9.31. The second-order valence-electron chi connectivity index (χ2n) is 4.69. The van der Waals surface area contributed by atoms with Crippen molar-refractivity contribution in [2.75, 3.05) is 19.7 Å². The molecule has 1 aromatic rings. The highest BCUT2D eigenvalue weighted by Crippen LogP contribution is 2.19. The van der Waals surface area contributed by atoms with E-state index in [-0.39, 0.29) is 5.91 Å². The van der Waals surface area contributed by atoms with Crippen LogP contribution in [0.4, 0.5) is 0 Å². The molecule has 102 valence electrons. The predicted molar refractivity (Wildman–Crippen MR) is 77.1 cm³/mol. The Kier molecular flexibility index (Phi) is 5.01. The molecule has 1 saturated heterocycles. The number of nitrogens with zero attached hydrogens (tertiary/aromatic N) is 1. The highest BCUT2D eigenvalue weighted by atomic mass is 16.5. The highest BCUT2D eigenvalue weighted by Gasteiger charge is 2.13. The molecule has 0 N–H and O–H groups in total. The van der Waals surface area contributed by atoms with E-state index in [0.717, 1.165) is 37.2 Å². The lowest BCUT2D eigenvalue weighted by Gasteiger charge is -2.25. The maximum absolute atomic E-state index is 12.0. The van der Waals surface area contributed by atoms with E-state index in [1.807, 2.05) is 42.2 Å². The van der Waals surface area contributed by atoms with Gasteiger partial charge in [0.2, 0.25) is 5.91 Å². The number of ether oxygens (including phenoxy) is 1. The largest absolute Gasteiger partial charge is 0.493 e. The first-order valence-electron chi connectivity index (χ1n) is 7.00. The molecule has 1 aromatic carbocycles.